The van der Waals surface area contributed by atoms with Gasteiger partial charge in [0.1, 0.15) is 11.4 Å². The first-order valence-corrected chi connectivity index (χ1v) is 19.2. The number of piperazine rings is 1. The minimum atomic E-state index is -4.12. The number of halogens is 1. The van der Waals surface area contributed by atoms with Crippen LogP contribution < -0.4 is 20.1 Å². The first kappa shape index (κ1) is 36.3. The van der Waals surface area contributed by atoms with Crippen molar-refractivity contribution < 1.29 is 31.6 Å². The van der Waals surface area contributed by atoms with E-state index in [0.717, 1.165) is 72.7 Å². The smallest absolute Gasteiger partial charge is 0.341 e. The van der Waals surface area contributed by atoms with E-state index in [1.807, 2.05) is 13.8 Å². The number of anilines is 2. The molecule has 52 heavy (non-hydrogen) atoms. The van der Waals surface area contributed by atoms with Gasteiger partial charge < -0.3 is 23.9 Å². The Labute approximate surface area is 303 Å². The largest absolute Gasteiger partial charge is 0.422 e. The maximum Gasteiger partial charge on any atom is 0.341 e. The van der Waals surface area contributed by atoms with Crippen LogP contribution in [-0.2, 0) is 27.9 Å². The van der Waals surface area contributed by atoms with E-state index < -0.39 is 33.5 Å². The van der Waals surface area contributed by atoms with E-state index in [4.69, 9.17) is 9.15 Å². The highest BCUT2D eigenvalue weighted by Crippen LogP contribution is 2.49. The summed E-state index contributed by atoms with van der Waals surface area (Å²) < 4.78 is 56.4. The Morgan fingerprint density at radius 3 is 2.46 bits per heavy atom. The number of nitrogens with one attached hydrogen (secondary N) is 1. The molecule has 1 saturated carbocycles. The topological polar surface area (TPSA) is 136 Å². The molecule has 1 N–H and O–H groups in total. The highest BCUT2D eigenvalue weighted by atomic mass is 32.2. The maximum atomic E-state index is 15.7. The van der Waals surface area contributed by atoms with E-state index in [0.29, 0.717) is 37.3 Å². The number of hydrogen-bond acceptors (Lipinski definition) is 10. The van der Waals surface area contributed by atoms with Crippen molar-refractivity contribution in [3.05, 3.63) is 67.8 Å². The van der Waals surface area contributed by atoms with Gasteiger partial charge in [0.15, 0.2) is 0 Å². The van der Waals surface area contributed by atoms with Crippen molar-refractivity contribution >= 4 is 44.4 Å². The van der Waals surface area contributed by atoms with Gasteiger partial charge in [0.05, 0.1) is 41.6 Å². The number of fused-ring (bicyclic) bond motifs is 3. The van der Waals surface area contributed by atoms with E-state index in [1.54, 1.807) is 21.2 Å². The van der Waals surface area contributed by atoms with Gasteiger partial charge in [0.25, 0.3) is 11.8 Å². The number of carbonyl (C=O) groups is 2. The number of hydrogen-bond donors (Lipinski definition) is 1. The predicted octanol–water partition coefficient (Wildman–Crippen LogP) is 3.04. The van der Waals surface area contributed by atoms with Crippen molar-refractivity contribution in [1.82, 2.24) is 18.8 Å². The summed E-state index contributed by atoms with van der Waals surface area (Å²) in [5, 5.41) is 0.859. The number of methoxy groups -OCH3 is 1. The molecule has 3 aliphatic heterocycles. The van der Waals surface area contributed by atoms with Gasteiger partial charge in [-0.3, -0.25) is 14.5 Å². The summed E-state index contributed by atoms with van der Waals surface area (Å²) in [5.41, 5.74) is 3.72. The average Bonchev–Trinajstić information content (AvgIpc) is 3.05. The summed E-state index contributed by atoms with van der Waals surface area (Å²) in [5.74, 6) is -2.60. The summed E-state index contributed by atoms with van der Waals surface area (Å²) in [4.78, 5) is 48.2. The molecule has 2 saturated heterocycles. The molecule has 0 radical (unpaired) electrons. The third-order valence-electron chi connectivity index (χ3n) is 11.6. The fourth-order valence-electron chi connectivity index (χ4n) is 8.34. The maximum absolute atomic E-state index is 15.7. The molecule has 1 spiro atoms. The lowest BCUT2D eigenvalue weighted by atomic mass is 9.65. The van der Waals surface area contributed by atoms with Gasteiger partial charge in [0.2, 0.25) is 0 Å². The number of rotatable bonds is 8. The van der Waals surface area contributed by atoms with E-state index >= 15 is 4.39 Å². The fourth-order valence-corrected chi connectivity index (χ4v) is 9.70. The molecule has 3 aromatic rings. The van der Waals surface area contributed by atoms with Crippen LogP contribution in [0.3, 0.4) is 0 Å². The van der Waals surface area contributed by atoms with Crippen LogP contribution in [0.5, 0.6) is 0 Å². The van der Waals surface area contributed by atoms with Crippen LogP contribution in [0.25, 0.3) is 11.0 Å². The van der Waals surface area contributed by atoms with Crippen LogP contribution >= 0.6 is 0 Å². The molecule has 15 heteroatoms. The van der Waals surface area contributed by atoms with Crippen LogP contribution in [-0.4, -0.2) is 115 Å². The minimum absolute atomic E-state index is 0.0182. The van der Waals surface area contributed by atoms with Gasteiger partial charge in [-0.05, 0) is 74.9 Å². The highest BCUT2D eigenvalue weighted by molar-refractivity contribution is 7.87. The third kappa shape index (κ3) is 6.24. The van der Waals surface area contributed by atoms with E-state index in [1.165, 1.54) is 20.2 Å². The van der Waals surface area contributed by atoms with Gasteiger partial charge in [-0.2, -0.15) is 12.7 Å². The Hall–Kier alpha value is -4.05. The lowest BCUT2D eigenvalue weighted by Crippen LogP contribution is -2.63. The first-order valence-electron chi connectivity index (χ1n) is 17.8. The molecule has 13 nitrogen and oxygen atoms in total. The zero-order valence-electron chi connectivity index (χ0n) is 30.7. The number of carbonyl (C=O) groups excluding carboxylic acids is 2. The van der Waals surface area contributed by atoms with Crippen LogP contribution in [0.4, 0.5) is 15.8 Å². The lowest BCUT2D eigenvalue weighted by molar-refractivity contribution is -0.00859. The van der Waals surface area contributed by atoms with Crippen molar-refractivity contribution in [2.24, 2.45) is 5.41 Å². The average molecular weight is 739 g/mol. The normalized spacial score (nSPS) is 20.4. The quantitative estimate of drug-likeness (QED) is 0.344. The van der Waals surface area contributed by atoms with Crippen molar-refractivity contribution in [2.45, 2.75) is 52.1 Å². The second-order valence-corrected chi connectivity index (χ2v) is 16.9. The summed E-state index contributed by atoms with van der Waals surface area (Å²) in [6.45, 7) is 7.93. The number of ether oxygens (including phenoxy) is 1. The lowest BCUT2D eigenvalue weighted by Gasteiger charge is -2.54. The number of likely N-dealkylation sites (N-methyl/N-ethyl adjacent to an activating group) is 1. The molecule has 1 atom stereocenters. The second-order valence-electron chi connectivity index (χ2n) is 15.2. The van der Waals surface area contributed by atoms with Crippen molar-refractivity contribution in [3.8, 4) is 0 Å². The van der Waals surface area contributed by atoms with Crippen molar-refractivity contribution in [3.63, 3.8) is 0 Å². The molecule has 0 bridgehead atoms. The minimum Gasteiger partial charge on any atom is -0.422 e. The molecular weight excluding hydrogens is 692 g/mol. The summed E-state index contributed by atoms with van der Waals surface area (Å²) in [6.07, 6.45) is 3.37. The van der Waals surface area contributed by atoms with Crippen LogP contribution in [0.15, 0.2) is 27.4 Å². The third-order valence-corrected chi connectivity index (χ3v) is 13.0. The SMILES string of the molecule is COCC1CN(c2cc(C)c3c4c(c(=O)oc3c2C)CN(C(=O)c2cc(N(C)C)c(C(=O)NS(=O)(=O)N3CC5(CCC5)C3)cc2F)CC4)CCN1C. The molecule has 3 fully saturated rings. The Bertz CT molecular complexity index is 2120. The molecule has 4 heterocycles. The van der Waals surface area contributed by atoms with E-state index in [9.17, 15) is 22.8 Å². The molecule has 1 aliphatic carbocycles. The number of aryl methyl sites for hydroxylation is 2. The molecule has 7 rings (SSSR count). The second kappa shape index (κ2) is 13.4. The van der Waals surface area contributed by atoms with Crippen molar-refractivity contribution in [2.75, 3.05) is 83.9 Å². The van der Waals surface area contributed by atoms with Gasteiger partial charge in [0, 0.05) is 77.1 Å². The van der Waals surface area contributed by atoms with Crippen LogP contribution in [0, 0.1) is 25.1 Å². The van der Waals surface area contributed by atoms with Gasteiger partial charge >= 0.3 is 15.8 Å². The Kier molecular flexibility index (Phi) is 9.37. The van der Waals surface area contributed by atoms with E-state index in [2.05, 4.69) is 27.6 Å². The number of benzene rings is 2. The number of amides is 2. The summed E-state index contributed by atoms with van der Waals surface area (Å²) in [6, 6.07) is 4.53. The Morgan fingerprint density at radius 1 is 1.08 bits per heavy atom. The molecule has 280 valence electrons. The monoisotopic (exact) mass is 738 g/mol. The summed E-state index contributed by atoms with van der Waals surface area (Å²) >= 11 is 0. The Balaban J connectivity index is 1.13. The van der Waals surface area contributed by atoms with Crippen LogP contribution in [0.1, 0.15) is 62.2 Å². The zero-order valence-corrected chi connectivity index (χ0v) is 31.5. The molecule has 2 aromatic carbocycles. The molecule has 4 aliphatic rings. The Morgan fingerprint density at radius 2 is 1.81 bits per heavy atom. The summed E-state index contributed by atoms with van der Waals surface area (Å²) in [7, 11) is 2.92. The fraction of sp³-hybridized carbons (Fsp3) is 0.541. The van der Waals surface area contributed by atoms with E-state index in [-0.39, 0.29) is 41.4 Å². The van der Waals surface area contributed by atoms with Crippen LogP contribution in [0.2, 0.25) is 0 Å². The highest BCUT2D eigenvalue weighted by Gasteiger charge is 2.51. The molecule has 2 amide bonds. The molecule has 1 unspecified atom stereocenters. The number of nitrogens with zero attached hydrogens (tertiary/aromatic N) is 5. The van der Waals surface area contributed by atoms with Crippen molar-refractivity contribution in [1.29, 1.82) is 0 Å². The van der Waals surface area contributed by atoms with Gasteiger partial charge in [-0.1, -0.05) is 6.42 Å². The first-order chi connectivity index (χ1) is 24.6. The zero-order chi connectivity index (χ0) is 37.3. The van der Waals surface area contributed by atoms with Gasteiger partial charge in [-0.15, -0.1) is 0 Å². The predicted molar refractivity (Wildman–Crippen MR) is 196 cm³/mol. The molecular formula is C37H47FN6O7S. The van der Waals surface area contributed by atoms with Gasteiger partial charge in [-0.25, -0.2) is 13.9 Å². The standard InChI is InChI=1S/C37H47FN6O7S/c1-22-14-30(42-13-12-41(5)24(17-42)19-50-6)23(2)33-32(22)25-8-11-43(18-28(25)36(47)51-33)35(46)26-16-31(40(3)4)27(15-29(26)38)34(45)39-52(48,49)44-20-37(21-44)9-7-10-37/h14-16,24H,7-13,17-21H2,1-6H3,(H,39,45). The molecule has 1 aromatic heterocycles.